The lowest BCUT2D eigenvalue weighted by molar-refractivity contribution is 0.423. The average Bonchev–Trinajstić information content (AvgIpc) is 2.67. The number of rotatable bonds is 4. The summed E-state index contributed by atoms with van der Waals surface area (Å²) >= 11 is 12.5. The molecule has 0 unspecified atom stereocenters. The Morgan fingerprint density at radius 3 is 1.77 bits per heavy atom. The number of hydrogen-bond acceptors (Lipinski definition) is 2. The summed E-state index contributed by atoms with van der Waals surface area (Å²) in [5.74, 6) is 2.29. The number of benzene rings is 4. The molecule has 0 saturated heterocycles. The number of ether oxygens (including phenoxy) is 2. The molecule has 4 aromatic carbocycles. The summed E-state index contributed by atoms with van der Waals surface area (Å²) in [6.07, 6.45) is 0. The maximum Gasteiger partial charge on any atom is 0.177 e. The van der Waals surface area contributed by atoms with Crippen LogP contribution in [-0.2, 0) is 0 Å². The van der Waals surface area contributed by atoms with Gasteiger partial charge in [-0.1, -0.05) is 77.8 Å². The van der Waals surface area contributed by atoms with Gasteiger partial charge in [0.2, 0.25) is 0 Å². The van der Waals surface area contributed by atoms with E-state index in [0.29, 0.717) is 33.0 Å². The van der Waals surface area contributed by atoms with Crippen molar-refractivity contribution in [2.45, 2.75) is 0 Å². The van der Waals surface area contributed by atoms with Crippen molar-refractivity contribution < 1.29 is 9.47 Å². The van der Waals surface area contributed by atoms with Crippen LogP contribution < -0.4 is 9.47 Å². The van der Waals surface area contributed by atoms with Gasteiger partial charge in [-0.3, -0.25) is 0 Å². The van der Waals surface area contributed by atoms with Gasteiger partial charge in [0.05, 0.1) is 10.0 Å². The Hall–Kier alpha value is -2.68. The lowest BCUT2D eigenvalue weighted by Gasteiger charge is -2.16. The van der Waals surface area contributed by atoms with Crippen LogP contribution in [0.3, 0.4) is 0 Å². The first kappa shape index (κ1) is 16.8. The van der Waals surface area contributed by atoms with Crippen LogP contribution in [0, 0.1) is 0 Å². The van der Waals surface area contributed by atoms with Crippen LogP contribution in [0.15, 0.2) is 84.9 Å². The van der Waals surface area contributed by atoms with Gasteiger partial charge in [0.25, 0.3) is 0 Å². The van der Waals surface area contributed by atoms with E-state index in [1.54, 1.807) is 12.1 Å². The molecule has 0 amide bonds. The molecule has 0 fully saturated rings. The van der Waals surface area contributed by atoms with E-state index in [4.69, 9.17) is 32.7 Å². The molecule has 0 bridgehead atoms. The molecule has 26 heavy (non-hydrogen) atoms. The van der Waals surface area contributed by atoms with E-state index in [2.05, 4.69) is 0 Å². The number of para-hydroxylation sites is 2. The highest BCUT2D eigenvalue weighted by atomic mass is 35.5. The molecule has 0 atom stereocenters. The second-order valence-electron chi connectivity index (χ2n) is 5.68. The van der Waals surface area contributed by atoms with Crippen LogP contribution in [0.5, 0.6) is 23.0 Å². The predicted molar refractivity (Wildman–Crippen MR) is 107 cm³/mol. The minimum atomic E-state index is 0.532. The summed E-state index contributed by atoms with van der Waals surface area (Å²) in [6.45, 7) is 0. The zero-order chi connectivity index (χ0) is 17.9. The normalized spacial score (nSPS) is 10.7. The van der Waals surface area contributed by atoms with Crippen LogP contribution in [-0.4, -0.2) is 0 Å². The third-order valence-electron chi connectivity index (χ3n) is 3.95. The van der Waals surface area contributed by atoms with Gasteiger partial charge in [-0.2, -0.15) is 0 Å². The second-order valence-corrected chi connectivity index (χ2v) is 6.49. The summed E-state index contributed by atoms with van der Waals surface area (Å²) in [4.78, 5) is 0. The van der Waals surface area contributed by atoms with E-state index in [-0.39, 0.29) is 0 Å². The Morgan fingerprint density at radius 2 is 1.08 bits per heavy atom. The van der Waals surface area contributed by atoms with Gasteiger partial charge < -0.3 is 9.47 Å². The Bertz CT molecular complexity index is 1080. The quantitative estimate of drug-likeness (QED) is 0.360. The smallest absolute Gasteiger partial charge is 0.177 e. The Balaban J connectivity index is 1.85. The van der Waals surface area contributed by atoms with Gasteiger partial charge in [0.1, 0.15) is 11.5 Å². The fraction of sp³-hybridized carbons (Fsp3) is 0. The SMILES string of the molecule is Clc1ccccc1Oc1ccc2ccccc2c1Oc1ccccc1Cl. The van der Waals surface area contributed by atoms with Crippen molar-refractivity contribution in [3.8, 4) is 23.0 Å². The molecule has 0 spiro atoms. The summed E-state index contributed by atoms with van der Waals surface area (Å²) in [6, 6.07) is 26.5. The fourth-order valence-electron chi connectivity index (χ4n) is 2.69. The van der Waals surface area contributed by atoms with E-state index in [9.17, 15) is 0 Å². The molecule has 4 rings (SSSR count). The van der Waals surface area contributed by atoms with Crippen molar-refractivity contribution in [3.05, 3.63) is 95.0 Å². The lowest BCUT2D eigenvalue weighted by Crippen LogP contribution is -1.93. The van der Waals surface area contributed by atoms with Crippen LogP contribution in [0.4, 0.5) is 0 Å². The van der Waals surface area contributed by atoms with Crippen molar-refractivity contribution in [1.82, 2.24) is 0 Å². The molecule has 0 aromatic heterocycles. The van der Waals surface area contributed by atoms with E-state index in [0.717, 1.165) is 10.8 Å². The van der Waals surface area contributed by atoms with Crippen LogP contribution in [0.25, 0.3) is 10.8 Å². The number of hydrogen-bond donors (Lipinski definition) is 0. The van der Waals surface area contributed by atoms with Gasteiger partial charge in [0, 0.05) is 5.39 Å². The van der Waals surface area contributed by atoms with Crippen molar-refractivity contribution in [2.75, 3.05) is 0 Å². The zero-order valence-corrected chi connectivity index (χ0v) is 15.2. The van der Waals surface area contributed by atoms with E-state index >= 15 is 0 Å². The summed E-state index contributed by atoms with van der Waals surface area (Å²) < 4.78 is 12.2. The first-order valence-corrected chi connectivity index (χ1v) is 8.84. The molecule has 0 aliphatic carbocycles. The molecule has 0 aliphatic heterocycles. The lowest BCUT2D eigenvalue weighted by atomic mass is 10.1. The topological polar surface area (TPSA) is 18.5 Å². The molecule has 0 saturated carbocycles. The molecular weight excluding hydrogens is 367 g/mol. The van der Waals surface area contributed by atoms with Gasteiger partial charge in [-0.15, -0.1) is 0 Å². The van der Waals surface area contributed by atoms with Crippen molar-refractivity contribution in [2.24, 2.45) is 0 Å². The van der Waals surface area contributed by atoms with Crippen LogP contribution in [0.1, 0.15) is 0 Å². The average molecular weight is 381 g/mol. The van der Waals surface area contributed by atoms with E-state index in [1.807, 2.05) is 72.8 Å². The molecular formula is C22H14Cl2O2. The van der Waals surface area contributed by atoms with Gasteiger partial charge in [-0.25, -0.2) is 0 Å². The van der Waals surface area contributed by atoms with Gasteiger partial charge in [-0.05, 0) is 35.7 Å². The first-order chi connectivity index (χ1) is 12.7. The third-order valence-corrected chi connectivity index (χ3v) is 4.57. The Morgan fingerprint density at radius 1 is 0.500 bits per heavy atom. The van der Waals surface area contributed by atoms with Crippen LogP contribution in [0.2, 0.25) is 10.0 Å². The van der Waals surface area contributed by atoms with E-state index in [1.165, 1.54) is 0 Å². The molecule has 4 aromatic rings. The Kier molecular flexibility index (Phi) is 4.70. The van der Waals surface area contributed by atoms with Crippen LogP contribution >= 0.6 is 23.2 Å². The molecule has 0 aliphatic rings. The summed E-state index contributed by atoms with van der Waals surface area (Å²) in [5.41, 5.74) is 0. The highest BCUT2D eigenvalue weighted by Crippen LogP contribution is 2.43. The zero-order valence-electron chi connectivity index (χ0n) is 13.7. The first-order valence-electron chi connectivity index (χ1n) is 8.09. The second kappa shape index (κ2) is 7.28. The minimum Gasteiger partial charge on any atom is -0.452 e. The molecule has 128 valence electrons. The molecule has 2 nitrogen and oxygen atoms in total. The largest absolute Gasteiger partial charge is 0.452 e. The maximum atomic E-state index is 6.28. The Labute approximate surface area is 161 Å². The molecule has 4 heteroatoms. The summed E-state index contributed by atoms with van der Waals surface area (Å²) in [5, 5.41) is 3.03. The highest BCUT2D eigenvalue weighted by Gasteiger charge is 2.15. The molecule has 0 N–H and O–H groups in total. The molecule has 0 heterocycles. The summed E-state index contributed by atoms with van der Waals surface area (Å²) in [7, 11) is 0. The monoisotopic (exact) mass is 380 g/mol. The maximum absolute atomic E-state index is 6.28. The van der Waals surface area contributed by atoms with Crippen molar-refractivity contribution in [3.63, 3.8) is 0 Å². The number of halogens is 2. The van der Waals surface area contributed by atoms with Crippen molar-refractivity contribution in [1.29, 1.82) is 0 Å². The minimum absolute atomic E-state index is 0.532. The third kappa shape index (κ3) is 3.34. The van der Waals surface area contributed by atoms with Crippen molar-refractivity contribution >= 4 is 34.0 Å². The fourth-order valence-corrected chi connectivity index (χ4v) is 3.04. The molecule has 0 radical (unpaired) electrons. The van der Waals surface area contributed by atoms with Gasteiger partial charge >= 0.3 is 0 Å². The van der Waals surface area contributed by atoms with Gasteiger partial charge in [0.15, 0.2) is 11.5 Å². The van der Waals surface area contributed by atoms with E-state index < -0.39 is 0 Å². The standard InChI is InChI=1S/C22H14Cl2O2/c23-17-9-3-5-11-19(17)25-21-14-13-15-7-1-2-8-16(15)22(21)26-20-12-6-4-10-18(20)24/h1-14H. The highest BCUT2D eigenvalue weighted by molar-refractivity contribution is 6.32. The number of fused-ring (bicyclic) bond motifs is 1. The predicted octanol–water partition coefficient (Wildman–Crippen LogP) is 7.73.